The van der Waals surface area contributed by atoms with Gasteiger partial charge in [-0.05, 0) is 48.5 Å². The van der Waals surface area contributed by atoms with Crippen LogP contribution < -0.4 is 15.4 Å². The Balaban J connectivity index is 1.54. The molecular formula is C24H20F3N5O3. The number of halogens is 3. The summed E-state index contributed by atoms with van der Waals surface area (Å²) < 4.78 is 53.1. The Bertz CT molecular complexity index is 1330. The summed E-state index contributed by atoms with van der Waals surface area (Å²) in [5, 5.41) is 9.18. The highest BCUT2D eigenvalue weighted by molar-refractivity contribution is 5.99. The Morgan fingerprint density at radius 1 is 0.943 bits per heavy atom. The molecule has 0 saturated carbocycles. The molecule has 1 aromatic heterocycles. The SMILES string of the molecule is COCCOc1nc(-c2ccccc2F)n(-c2ccc(NC(=O)Nc3ccc(F)cc3F)cc2)n1. The number of aromatic nitrogens is 3. The standard InChI is InChI=1S/C24H20F3N5O3/c1-34-12-13-35-24-30-22(18-4-2-3-5-19(18)26)32(31-24)17-9-7-16(8-10-17)28-23(33)29-21-11-6-15(25)14-20(21)27/h2-11,14H,12-13H2,1H3,(H2,28,29,33). The van der Waals surface area contributed by atoms with Crippen LogP contribution >= 0.6 is 0 Å². The highest BCUT2D eigenvalue weighted by atomic mass is 19.1. The van der Waals surface area contributed by atoms with E-state index in [4.69, 9.17) is 9.47 Å². The minimum Gasteiger partial charge on any atom is -0.460 e. The second-order valence-corrected chi connectivity index (χ2v) is 7.20. The van der Waals surface area contributed by atoms with E-state index >= 15 is 0 Å². The Hall–Kier alpha value is -4.38. The van der Waals surface area contributed by atoms with Crippen LogP contribution in [0, 0.1) is 17.5 Å². The number of benzene rings is 3. The molecule has 2 amide bonds. The largest absolute Gasteiger partial charge is 0.460 e. The Morgan fingerprint density at radius 2 is 1.71 bits per heavy atom. The Kier molecular flexibility index (Phi) is 7.27. The van der Waals surface area contributed by atoms with Crippen LogP contribution in [0.15, 0.2) is 66.7 Å². The monoisotopic (exact) mass is 483 g/mol. The van der Waals surface area contributed by atoms with Gasteiger partial charge in [-0.3, -0.25) is 0 Å². The van der Waals surface area contributed by atoms with Gasteiger partial charge in [-0.2, -0.15) is 4.98 Å². The van der Waals surface area contributed by atoms with Gasteiger partial charge < -0.3 is 20.1 Å². The summed E-state index contributed by atoms with van der Waals surface area (Å²) in [7, 11) is 1.53. The maximum absolute atomic E-state index is 14.5. The molecule has 4 aromatic rings. The summed E-state index contributed by atoms with van der Waals surface area (Å²) in [5.74, 6) is -1.90. The van der Waals surface area contributed by atoms with Gasteiger partial charge in [-0.25, -0.2) is 22.6 Å². The zero-order valence-corrected chi connectivity index (χ0v) is 18.5. The fourth-order valence-corrected chi connectivity index (χ4v) is 3.13. The van der Waals surface area contributed by atoms with Crippen molar-refractivity contribution >= 4 is 17.4 Å². The zero-order chi connectivity index (χ0) is 24.8. The van der Waals surface area contributed by atoms with Crippen LogP contribution in [0.25, 0.3) is 17.1 Å². The van der Waals surface area contributed by atoms with Crippen molar-refractivity contribution in [3.8, 4) is 23.1 Å². The topological polar surface area (TPSA) is 90.3 Å². The molecule has 0 saturated heterocycles. The number of carbonyl (C=O) groups excluding carboxylic acids is 1. The van der Waals surface area contributed by atoms with Crippen molar-refractivity contribution in [1.29, 1.82) is 0 Å². The van der Waals surface area contributed by atoms with Gasteiger partial charge in [-0.15, -0.1) is 5.10 Å². The van der Waals surface area contributed by atoms with Gasteiger partial charge in [0.2, 0.25) is 0 Å². The lowest BCUT2D eigenvalue weighted by Gasteiger charge is -2.10. The molecule has 180 valence electrons. The third-order valence-electron chi connectivity index (χ3n) is 4.77. The van der Waals surface area contributed by atoms with E-state index in [1.807, 2.05) is 0 Å². The van der Waals surface area contributed by atoms with Gasteiger partial charge in [0.25, 0.3) is 0 Å². The van der Waals surface area contributed by atoms with E-state index in [0.717, 1.165) is 12.1 Å². The first-order valence-electron chi connectivity index (χ1n) is 10.4. The number of ether oxygens (including phenoxy) is 2. The normalized spacial score (nSPS) is 10.7. The van der Waals surface area contributed by atoms with Crippen LogP contribution in [0.1, 0.15) is 0 Å². The van der Waals surface area contributed by atoms with Crippen molar-refractivity contribution < 1.29 is 27.4 Å². The van der Waals surface area contributed by atoms with E-state index in [0.29, 0.717) is 24.0 Å². The average Bonchev–Trinajstić information content (AvgIpc) is 3.26. The molecular weight excluding hydrogens is 463 g/mol. The summed E-state index contributed by atoms with van der Waals surface area (Å²) in [6, 6.07) is 14.7. The fraction of sp³-hybridized carbons (Fsp3) is 0.125. The molecule has 11 heteroatoms. The molecule has 0 unspecified atom stereocenters. The van der Waals surface area contributed by atoms with Gasteiger partial charge in [0, 0.05) is 18.9 Å². The zero-order valence-electron chi connectivity index (χ0n) is 18.5. The molecule has 0 radical (unpaired) electrons. The van der Waals surface area contributed by atoms with Crippen molar-refractivity contribution in [1.82, 2.24) is 14.8 Å². The first kappa shape index (κ1) is 23.8. The lowest BCUT2D eigenvalue weighted by molar-refractivity contribution is 0.141. The minimum atomic E-state index is -0.897. The molecule has 8 nitrogen and oxygen atoms in total. The van der Waals surface area contributed by atoms with E-state index < -0.39 is 23.5 Å². The molecule has 0 aliphatic heterocycles. The van der Waals surface area contributed by atoms with E-state index in [1.165, 1.54) is 17.9 Å². The first-order chi connectivity index (χ1) is 16.9. The van der Waals surface area contributed by atoms with Gasteiger partial charge in [-0.1, -0.05) is 12.1 Å². The summed E-state index contributed by atoms with van der Waals surface area (Å²) in [6.45, 7) is 0.539. The predicted octanol–water partition coefficient (Wildman–Crippen LogP) is 5.02. The highest BCUT2D eigenvalue weighted by Crippen LogP contribution is 2.26. The van der Waals surface area contributed by atoms with Crippen LogP contribution in [-0.4, -0.2) is 41.1 Å². The molecule has 0 fully saturated rings. The summed E-state index contributed by atoms with van der Waals surface area (Å²) in [6.07, 6.45) is 0. The number of anilines is 2. The highest BCUT2D eigenvalue weighted by Gasteiger charge is 2.18. The summed E-state index contributed by atoms with van der Waals surface area (Å²) in [5.41, 5.74) is 0.967. The van der Waals surface area contributed by atoms with Crippen LogP contribution in [0.5, 0.6) is 6.01 Å². The number of urea groups is 1. The molecule has 1 heterocycles. The van der Waals surface area contributed by atoms with E-state index in [9.17, 15) is 18.0 Å². The summed E-state index contributed by atoms with van der Waals surface area (Å²) in [4.78, 5) is 16.5. The average molecular weight is 483 g/mol. The number of nitrogens with zero attached hydrogens (tertiary/aromatic N) is 3. The van der Waals surface area contributed by atoms with Crippen LogP contribution in [-0.2, 0) is 4.74 Å². The van der Waals surface area contributed by atoms with Crippen molar-refractivity contribution in [2.24, 2.45) is 0 Å². The minimum absolute atomic E-state index is 0.0446. The molecule has 0 aliphatic rings. The van der Waals surface area contributed by atoms with Crippen LogP contribution in [0.3, 0.4) is 0 Å². The van der Waals surface area contributed by atoms with Gasteiger partial charge in [0.1, 0.15) is 24.1 Å². The smallest absolute Gasteiger partial charge is 0.336 e. The molecule has 0 atom stereocenters. The Morgan fingerprint density at radius 3 is 2.43 bits per heavy atom. The van der Waals surface area contributed by atoms with Gasteiger partial charge in [0.15, 0.2) is 5.82 Å². The lowest BCUT2D eigenvalue weighted by atomic mass is 10.2. The maximum atomic E-state index is 14.5. The number of rotatable bonds is 8. The molecule has 0 spiro atoms. The van der Waals surface area contributed by atoms with Crippen molar-refractivity contribution in [3.05, 3.63) is 84.2 Å². The molecule has 2 N–H and O–H groups in total. The summed E-state index contributed by atoms with van der Waals surface area (Å²) >= 11 is 0. The van der Waals surface area contributed by atoms with Crippen LogP contribution in [0.4, 0.5) is 29.3 Å². The molecule has 35 heavy (non-hydrogen) atoms. The Labute approximate surface area is 198 Å². The van der Waals surface area contributed by atoms with Gasteiger partial charge >= 0.3 is 12.0 Å². The lowest BCUT2D eigenvalue weighted by Crippen LogP contribution is -2.20. The fourth-order valence-electron chi connectivity index (χ4n) is 3.13. The number of hydrogen-bond acceptors (Lipinski definition) is 5. The number of carbonyl (C=O) groups is 1. The third-order valence-corrected chi connectivity index (χ3v) is 4.77. The first-order valence-corrected chi connectivity index (χ1v) is 10.4. The second kappa shape index (κ2) is 10.7. The second-order valence-electron chi connectivity index (χ2n) is 7.20. The number of hydrogen-bond donors (Lipinski definition) is 2. The molecule has 4 rings (SSSR count). The van der Waals surface area contributed by atoms with Crippen molar-refractivity contribution in [3.63, 3.8) is 0 Å². The predicted molar refractivity (Wildman–Crippen MR) is 123 cm³/mol. The number of methoxy groups -OCH3 is 1. The quantitative estimate of drug-likeness (QED) is 0.344. The van der Waals surface area contributed by atoms with Crippen LogP contribution in [0.2, 0.25) is 0 Å². The maximum Gasteiger partial charge on any atom is 0.336 e. The van der Waals surface area contributed by atoms with E-state index in [1.54, 1.807) is 42.5 Å². The van der Waals surface area contributed by atoms with Crippen molar-refractivity contribution in [2.45, 2.75) is 0 Å². The molecule has 0 bridgehead atoms. The molecule has 3 aromatic carbocycles. The van der Waals surface area contributed by atoms with Gasteiger partial charge in [0.05, 0.1) is 23.5 Å². The molecule has 0 aliphatic carbocycles. The number of nitrogens with one attached hydrogen (secondary N) is 2. The van der Waals surface area contributed by atoms with Crippen molar-refractivity contribution in [2.75, 3.05) is 31.0 Å². The third kappa shape index (κ3) is 5.76. The van der Waals surface area contributed by atoms with E-state index in [2.05, 4.69) is 20.7 Å². The van der Waals surface area contributed by atoms with E-state index in [-0.39, 0.29) is 29.7 Å². The number of amides is 2.